The first-order valence-corrected chi connectivity index (χ1v) is 11.3. The van der Waals surface area contributed by atoms with Gasteiger partial charge in [-0.2, -0.15) is 18.3 Å². The van der Waals surface area contributed by atoms with Crippen molar-refractivity contribution in [2.45, 2.75) is 38.6 Å². The molecule has 186 valence electrons. The van der Waals surface area contributed by atoms with Crippen molar-refractivity contribution in [2.75, 3.05) is 31.7 Å². The minimum absolute atomic E-state index is 0.0232. The number of rotatable bonds is 7. The Kier molecular flexibility index (Phi) is 6.19. The Bertz CT molecular complexity index is 1350. The average molecular weight is 491 g/mol. The van der Waals surface area contributed by atoms with E-state index in [2.05, 4.69) is 25.5 Å². The van der Waals surface area contributed by atoms with Crippen molar-refractivity contribution in [3.63, 3.8) is 0 Å². The van der Waals surface area contributed by atoms with E-state index < -0.39 is 18.0 Å². The van der Waals surface area contributed by atoms with Gasteiger partial charge in [0.25, 0.3) is 0 Å². The van der Waals surface area contributed by atoms with E-state index in [1.807, 2.05) is 6.92 Å². The maximum absolute atomic E-state index is 14.0. The Labute approximate surface area is 197 Å². The van der Waals surface area contributed by atoms with Crippen LogP contribution in [0.3, 0.4) is 0 Å². The molecule has 4 aromatic heterocycles. The summed E-state index contributed by atoms with van der Waals surface area (Å²) in [6.07, 6.45) is -0.308. The van der Waals surface area contributed by atoms with Crippen molar-refractivity contribution < 1.29 is 27.8 Å². The van der Waals surface area contributed by atoms with Crippen LogP contribution in [-0.2, 0) is 10.9 Å². The summed E-state index contributed by atoms with van der Waals surface area (Å²) in [5, 5.41) is 21.4. The number of nitrogens with zero attached hydrogens (tertiary/aromatic N) is 6. The van der Waals surface area contributed by atoms with Crippen molar-refractivity contribution in [2.24, 2.45) is 0 Å². The molecule has 13 heteroatoms. The summed E-state index contributed by atoms with van der Waals surface area (Å²) in [6.45, 7) is 2.70. The minimum Gasteiger partial charge on any atom is -0.492 e. The third-order valence-corrected chi connectivity index (χ3v) is 5.70. The molecule has 35 heavy (non-hydrogen) atoms. The highest BCUT2D eigenvalue weighted by molar-refractivity contribution is 6.03. The number of nitrogens with one attached hydrogen (secondary N) is 1. The molecule has 0 amide bonds. The van der Waals surface area contributed by atoms with Gasteiger partial charge in [-0.3, -0.25) is 0 Å². The van der Waals surface area contributed by atoms with Crippen LogP contribution in [0.2, 0.25) is 0 Å². The lowest BCUT2D eigenvalue weighted by Gasteiger charge is -2.22. The molecule has 1 aliphatic heterocycles. The molecule has 1 atom stereocenters. The molecule has 10 nitrogen and oxygen atoms in total. The lowest BCUT2D eigenvalue weighted by atomic mass is 10.1. The van der Waals surface area contributed by atoms with E-state index >= 15 is 0 Å². The quantitative estimate of drug-likeness (QED) is 0.403. The summed E-state index contributed by atoms with van der Waals surface area (Å²) in [4.78, 5) is 7.93. The topological polar surface area (TPSA) is 112 Å². The highest BCUT2D eigenvalue weighted by Crippen LogP contribution is 2.40. The number of fused-ring (bicyclic) bond motifs is 3. The highest BCUT2D eigenvalue weighted by atomic mass is 19.4. The summed E-state index contributed by atoms with van der Waals surface area (Å²) < 4.78 is 56.6. The second-order valence-electron chi connectivity index (χ2n) is 8.04. The van der Waals surface area contributed by atoms with Gasteiger partial charge in [-0.25, -0.2) is 19.2 Å². The first-order chi connectivity index (χ1) is 16.9. The molecular formula is C22H24F3N7O3. The second-order valence-corrected chi connectivity index (χ2v) is 8.04. The molecule has 1 fully saturated rings. The Balaban J connectivity index is 1.77. The van der Waals surface area contributed by atoms with Gasteiger partial charge in [0, 0.05) is 19.3 Å². The van der Waals surface area contributed by atoms with Crippen molar-refractivity contribution in [3.05, 3.63) is 30.1 Å². The summed E-state index contributed by atoms with van der Waals surface area (Å²) in [5.41, 5.74) is -0.436. The van der Waals surface area contributed by atoms with Gasteiger partial charge in [0.05, 0.1) is 30.3 Å². The van der Waals surface area contributed by atoms with E-state index in [9.17, 15) is 13.2 Å². The van der Waals surface area contributed by atoms with Crippen molar-refractivity contribution in [3.8, 4) is 17.1 Å². The molecule has 0 aromatic carbocycles. The molecule has 0 aliphatic carbocycles. The molecule has 5 heterocycles. The highest BCUT2D eigenvalue weighted by Gasteiger charge is 2.38. The third-order valence-electron chi connectivity index (χ3n) is 5.70. The van der Waals surface area contributed by atoms with Gasteiger partial charge >= 0.3 is 6.18 Å². The number of aliphatic hydroxyl groups excluding tert-OH is 1. The zero-order valence-corrected chi connectivity index (χ0v) is 18.9. The maximum Gasteiger partial charge on any atom is 0.420 e. The van der Waals surface area contributed by atoms with Crippen LogP contribution in [0, 0.1) is 0 Å². The summed E-state index contributed by atoms with van der Waals surface area (Å²) in [5.74, 6) is 0.530. The molecule has 1 aliphatic rings. The molecule has 4 aromatic rings. The van der Waals surface area contributed by atoms with E-state index in [0.717, 1.165) is 19.0 Å². The molecule has 0 spiro atoms. The second kappa shape index (κ2) is 9.30. The monoisotopic (exact) mass is 491 g/mol. The zero-order chi connectivity index (χ0) is 24.6. The SMILES string of the molecule is CCOc1ccc2c3c(-c4nc(NCCO)ncc4C(F)(F)F)nn(C4CCCCO4)c3nn2c1. The summed E-state index contributed by atoms with van der Waals surface area (Å²) >= 11 is 0. The molecule has 0 saturated carbocycles. The van der Waals surface area contributed by atoms with Gasteiger partial charge in [0.2, 0.25) is 5.95 Å². The Morgan fingerprint density at radius 1 is 1.23 bits per heavy atom. The van der Waals surface area contributed by atoms with Gasteiger partial charge < -0.3 is 19.9 Å². The van der Waals surface area contributed by atoms with E-state index in [1.165, 1.54) is 0 Å². The smallest absolute Gasteiger partial charge is 0.420 e. The number of halogens is 3. The van der Waals surface area contributed by atoms with Crippen LogP contribution >= 0.6 is 0 Å². The van der Waals surface area contributed by atoms with Crippen molar-refractivity contribution in [1.82, 2.24) is 29.4 Å². The fourth-order valence-corrected chi connectivity index (χ4v) is 4.17. The van der Waals surface area contributed by atoms with E-state index in [4.69, 9.17) is 14.6 Å². The Hall–Kier alpha value is -3.45. The fraction of sp³-hybridized carbons (Fsp3) is 0.455. The van der Waals surface area contributed by atoms with Gasteiger partial charge in [0.1, 0.15) is 22.7 Å². The zero-order valence-electron chi connectivity index (χ0n) is 18.9. The van der Waals surface area contributed by atoms with E-state index in [1.54, 1.807) is 27.5 Å². The van der Waals surface area contributed by atoms with Crippen LogP contribution in [0.1, 0.15) is 38.0 Å². The Morgan fingerprint density at radius 3 is 2.80 bits per heavy atom. The lowest BCUT2D eigenvalue weighted by Crippen LogP contribution is -2.19. The first kappa shape index (κ1) is 23.3. The lowest BCUT2D eigenvalue weighted by molar-refractivity contribution is -0.137. The summed E-state index contributed by atoms with van der Waals surface area (Å²) in [6, 6.07) is 3.47. The van der Waals surface area contributed by atoms with Crippen molar-refractivity contribution in [1.29, 1.82) is 0 Å². The predicted octanol–water partition coefficient (Wildman–Crippen LogP) is 3.66. The molecular weight excluding hydrogens is 467 g/mol. The van der Waals surface area contributed by atoms with Crippen LogP contribution in [0.25, 0.3) is 27.9 Å². The molecule has 2 N–H and O–H groups in total. The maximum atomic E-state index is 14.0. The first-order valence-electron chi connectivity index (χ1n) is 11.3. The molecule has 0 radical (unpaired) electrons. The number of anilines is 1. The van der Waals surface area contributed by atoms with Gasteiger partial charge in [-0.1, -0.05) is 0 Å². The molecule has 1 unspecified atom stereocenters. The number of hydrogen-bond acceptors (Lipinski definition) is 8. The number of aromatic nitrogens is 6. The number of hydrogen-bond donors (Lipinski definition) is 2. The minimum atomic E-state index is -4.71. The predicted molar refractivity (Wildman–Crippen MR) is 120 cm³/mol. The average Bonchev–Trinajstić information content (AvgIpc) is 3.39. The third kappa shape index (κ3) is 4.36. The number of ether oxygens (including phenoxy) is 2. The van der Waals surface area contributed by atoms with Crippen LogP contribution in [0.5, 0.6) is 5.75 Å². The van der Waals surface area contributed by atoms with Gasteiger partial charge in [-0.15, -0.1) is 5.10 Å². The fourth-order valence-electron chi connectivity index (χ4n) is 4.17. The van der Waals surface area contributed by atoms with Gasteiger partial charge in [-0.05, 0) is 38.3 Å². The van der Waals surface area contributed by atoms with Crippen LogP contribution in [0.15, 0.2) is 24.5 Å². The largest absolute Gasteiger partial charge is 0.492 e. The van der Waals surface area contributed by atoms with E-state index in [0.29, 0.717) is 41.9 Å². The number of aliphatic hydroxyl groups is 1. The summed E-state index contributed by atoms with van der Waals surface area (Å²) in [7, 11) is 0. The normalized spacial score (nSPS) is 16.8. The van der Waals surface area contributed by atoms with Crippen LogP contribution < -0.4 is 10.1 Å². The number of alkyl halides is 3. The van der Waals surface area contributed by atoms with E-state index in [-0.39, 0.29) is 30.5 Å². The molecule has 0 bridgehead atoms. The molecule has 5 rings (SSSR count). The van der Waals surface area contributed by atoms with Crippen LogP contribution in [-0.4, -0.2) is 60.8 Å². The van der Waals surface area contributed by atoms with Gasteiger partial charge in [0.15, 0.2) is 11.9 Å². The Morgan fingerprint density at radius 2 is 2.09 bits per heavy atom. The number of pyridine rings is 1. The molecule has 1 saturated heterocycles. The standard InChI is InChI=1S/C22H24F3N7O3/c1-2-34-13-6-7-15-17-19(18-14(22(23,24)25)11-27-21(28-18)26-8-9-33)29-32(16-5-3-4-10-35-16)20(17)30-31(15)12-13/h6-7,11-12,16,33H,2-5,8-10H2,1H3,(H,26,27,28). The van der Waals surface area contributed by atoms with Crippen molar-refractivity contribution >= 4 is 22.5 Å². The van der Waals surface area contributed by atoms with Crippen LogP contribution in [0.4, 0.5) is 19.1 Å².